The Bertz CT molecular complexity index is 1360. The first-order valence-corrected chi connectivity index (χ1v) is 9.49. The first-order chi connectivity index (χ1) is 15.4. The average Bonchev–Trinajstić information content (AvgIpc) is 3.18. The summed E-state index contributed by atoms with van der Waals surface area (Å²) in [6.45, 7) is 3.96. The van der Waals surface area contributed by atoms with E-state index in [1.165, 1.54) is 41.2 Å². The second-order valence-electron chi connectivity index (χ2n) is 6.29. The number of aromatic nitrogens is 4. The zero-order chi connectivity index (χ0) is 23.4. The van der Waals surface area contributed by atoms with E-state index in [0.29, 0.717) is 0 Å². The largest absolute Gasteiger partial charge is 0.368 e. The van der Waals surface area contributed by atoms with Crippen molar-refractivity contribution in [1.82, 2.24) is 19.5 Å². The van der Waals surface area contributed by atoms with Crippen molar-refractivity contribution in [1.29, 1.82) is 5.26 Å². The lowest BCUT2D eigenvalue weighted by Gasteiger charge is -2.08. The van der Waals surface area contributed by atoms with Crippen LogP contribution >= 0.6 is 0 Å². The fourth-order valence-electron chi connectivity index (χ4n) is 3.03. The molecule has 9 nitrogen and oxygen atoms in total. The number of nitro groups is 1. The van der Waals surface area contributed by atoms with Crippen LogP contribution in [0.2, 0.25) is 0 Å². The van der Waals surface area contributed by atoms with Crippen molar-refractivity contribution in [2.75, 3.05) is 5.73 Å². The molecule has 0 spiro atoms. The molecule has 0 bridgehead atoms. The first kappa shape index (κ1) is 22.2. The van der Waals surface area contributed by atoms with Gasteiger partial charge in [0.25, 0.3) is 5.69 Å². The number of benzene rings is 2. The molecule has 11 heteroatoms. The van der Waals surface area contributed by atoms with E-state index in [-0.39, 0.29) is 51.7 Å². The standard InChI is InChI=1S/C19H11F2N7O2.C2H6/c20-14-6-12(28(29)30)5-4-11(14)8-27-9-24-17-16(25-19(23)26-18(17)27)13-3-1-2-10(7-22)15(13)21;1-2/h1-6,9H,8H2,(H2,23,25,26);1-2H3. The Morgan fingerprint density at radius 3 is 2.62 bits per heavy atom. The molecule has 4 rings (SSSR count). The highest BCUT2D eigenvalue weighted by atomic mass is 19.1. The maximum atomic E-state index is 14.7. The Morgan fingerprint density at radius 2 is 1.97 bits per heavy atom. The summed E-state index contributed by atoms with van der Waals surface area (Å²) in [7, 11) is 0. The van der Waals surface area contributed by atoms with Gasteiger partial charge in [-0.15, -0.1) is 0 Å². The first-order valence-electron chi connectivity index (χ1n) is 9.49. The summed E-state index contributed by atoms with van der Waals surface area (Å²) in [6, 6.07) is 9.34. The number of nitriles is 1. The maximum Gasteiger partial charge on any atom is 0.272 e. The molecule has 0 fully saturated rings. The lowest BCUT2D eigenvalue weighted by molar-refractivity contribution is -0.385. The molecule has 2 heterocycles. The fraction of sp³-hybridized carbons (Fsp3) is 0.143. The van der Waals surface area contributed by atoms with Crippen molar-refractivity contribution in [3.63, 3.8) is 0 Å². The van der Waals surface area contributed by atoms with Gasteiger partial charge < -0.3 is 10.3 Å². The summed E-state index contributed by atoms with van der Waals surface area (Å²) in [5.74, 6) is -1.69. The maximum absolute atomic E-state index is 14.7. The molecular formula is C21H17F2N7O2. The number of imidazole rings is 1. The van der Waals surface area contributed by atoms with Gasteiger partial charge in [-0.2, -0.15) is 10.2 Å². The monoisotopic (exact) mass is 437 g/mol. The third-order valence-corrected chi connectivity index (χ3v) is 4.44. The Balaban J connectivity index is 0.00000141. The van der Waals surface area contributed by atoms with Crippen LogP contribution < -0.4 is 5.73 Å². The molecule has 0 aliphatic carbocycles. The summed E-state index contributed by atoms with van der Waals surface area (Å²) in [4.78, 5) is 22.5. The zero-order valence-electron chi connectivity index (χ0n) is 17.1. The third kappa shape index (κ3) is 4.06. The fourth-order valence-corrected chi connectivity index (χ4v) is 3.03. The molecular weight excluding hydrogens is 420 g/mol. The van der Waals surface area contributed by atoms with Gasteiger partial charge in [0.1, 0.15) is 28.9 Å². The number of nitrogen functional groups attached to an aromatic ring is 1. The molecule has 0 saturated heterocycles. The van der Waals surface area contributed by atoms with Crippen LogP contribution in [0.5, 0.6) is 0 Å². The second kappa shape index (κ2) is 9.13. The molecule has 2 aromatic carbocycles. The zero-order valence-corrected chi connectivity index (χ0v) is 17.1. The molecule has 0 aliphatic heterocycles. The van der Waals surface area contributed by atoms with Crippen molar-refractivity contribution < 1.29 is 13.7 Å². The number of hydrogen-bond donors (Lipinski definition) is 1. The van der Waals surface area contributed by atoms with E-state index in [9.17, 15) is 18.9 Å². The van der Waals surface area contributed by atoms with Crippen LogP contribution in [0, 0.1) is 33.1 Å². The smallest absolute Gasteiger partial charge is 0.272 e. The Kier molecular flexibility index (Phi) is 6.34. The van der Waals surface area contributed by atoms with Crippen molar-refractivity contribution in [3.8, 4) is 17.3 Å². The number of halogens is 2. The number of nitrogens with two attached hydrogens (primary N) is 1. The number of nitro benzene ring substituents is 1. The Morgan fingerprint density at radius 1 is 1.22 bits per heavy atom. The molecule has 2 N–H and O–H groups in total. The van der Waals surface area contributed by atoms with E-state index >= 15 is 0 Å². The number of rotatable bonds is 4. The van der Waals surface area contributed by atoms with Crippen LogP contribution in [0.3, 0.4) is 0 Å². The van der Waals surface area contributed by atoms with Gasteiger partial charge in [-0.25, -0.2) is 18.7 Å². The van der Waals surface area contributed by atoms with E-state index in [1.54, 1.807) is 6.07 Å². The van der Waals surface area contributed by atoms with Crippen LogP contribution in [-0.2, 0) is 6.54 Å². The highest BCUT2D eigenvalue weighted by Crippen LogP contribution is 2.29. The Hall–Kier alpha value is -4.46. The summed E-state index contributed by atoms with van der Waals surface area (Å²) in [5.41, 5.74) is 5.97. The molecule has 32 heavy (non-hydrogen) atoms. The van der Waals surface area contributed by atoms with Crippen molar-refractivity contribution in [3.05, 3.63) is 75.6 Å². The minimum absolute atomic E-state index is 0.0277. The second-order valence-corrected chi connectivity index (χ2v) is 6.29. The van der Waals surface area contributed by atoms with Crippen LogP contribution in [0.25, 0.3) is 22.4 Å². The summed E-state index contributed by atoms with van der Waals surface area (Å²) < 4.78 is 30.4. The SMILES string of the molecule is CC.N#Cc1cccc(-c2nc(N)nc3c2ncn3Cc2ccc([N+](=O)[O-])cc2F)c1F. The topological polar surface area (TPSA) is 137 Å². The lowest BCUT2D eigenvalue weighted by Crippen LogP contribution is -2.05. The quantitative estimate of drug-likeness (QED) is 0.373. The molecule has 0 unspecified atom stereocenters. The molecule has 2 aromatic heterocycles. The minimum atomic E-state index is -0.768. The molecule has 162 valence electrons. The van der Waals surface area contributed by atoms with Gasteiger partial charge >= 0.3 is 0 Å². The van der Waals surface area contributed by atoms with Gasteiger partial charge in [-0.05, 0) is 18.2 Å². The Labute approximate surface area is 180 Å². The van der Waals surface area contributed by atoms with Crippen molar-refractivity contribution >= 4 is 22.8 Å². The predicted molar refractivity (Wildman–Crippen MR) is 113 cm³/mol. The van der Waals surface area contributed by atoms with E-state index in [1.807, 2.05) is 13.8 Å². The van der Waals surface area contributed by atoms with Gasteiger partial charge in [0.15, 0.2) is 5.65 Å². The molecule has 0 atom stereocenters. The number of anilines is 1. The van der Waals surface area contributed by atoms with Gasteiger partial charge in [0.05, 0.1) is 29.4 Å². The van der Waals surface area contributed by atoms with Crippen molar-refractivity contribution in [2.24, 2.45) is 0 Å². The molecule has 0 radical (unpaired) electrons. The minimum Gasteiger partial charge on any atom is -0.368 e. The van der Waals surface area contributed by atoms with Gasteiger partial charge in [-0.1, -0.05) is 19.9 Å². The number of fused-ring (bicyclic) bond motifs is 1. The normalized spacial score (nSPS) is 10.3. The molecule has 0 aliphatic rings. The van der Waals surface area contributed by atoms with Crippen LogP contribution in [0.1, 0.15) is 25.0 Å². The highest BCUT2D eigenvalue weighted by molar-refractivity contribution is 5.88. The van der Waals surface area contributed by atoms with Crippen LogP contribution in [-0.4, -0.2) is 24.4 Å². The summed E-state index contributed by atoms with van der Waals surface area (Å²) >= 11 is 0. The van der Waals surface area contributed by atoms with Gasteiger partial charge in [-0.3, -0.25) is 10.1 Å². The van der Waals surface area contributed by atoms with Crippen molar-refractivity contribution in [2.45, 2.75) is 20.4 Å². The summed E-state index contributed by atoms with van der Waals surface area (Å²) in [6.07, 6.45) is 1.36. The molecule has 0 amide bonds. The van der Waals surface area contributed by atoms with E-state index in [4.69, 9.17) is 11.0 Å². The van der Waals surface area contributed by atoms with Gasteiger partial charge in [0, 0.05) is 17.2 Å². The number of non-ortho nitro benzene ring substituents is 1. The summed E-state index contributed by atoms with van der Waals surface area (Å²) in [5, 5.41) is 19.8. The lowest BCUT2D eigenvalue weighted by atomic mass is 10.1. The van der Waals surface area contributed by atoms with Crippen LogP contribution in [0.4, 0.5) is 20.4 Å². The predicted octanol–water partition coefficient (Wildman–Crippen LogP) is 4.21. The molecule has 0 saturated carbocycles. The average molecular weight is 437 g/mol. The van der Waals surface area contributed by atoms with Crippen LogP contribution in [0.15, 0.2) is 42.7 Å². The van der Waals surface area contributed by atoms with E-state index in [0.717, 1.165) is 6.07 Å². The molecule has 4 aromatic rings. The van der Waals surface area contributed by atoms with E-state index in [2.05, 4.69) is 15.0 Å². The van der Waals surface area contributed by atoms with Gasteiger partial charge in [0.2, 0.25) is 5.95 Å². The number of hydrogen-bond acceptors (Lipinski definition) is 7. The highest BCUT2D eigenvalue weighted by Gasteiger charge is 2.19. The number of nitrogens with zero attached hydrogens (tertiary/aromatic N) is 6. The van der Waals surface area contributed by atoms with E-state index < -0.39 is 16.6 Å². The third-order valence-electron chi connectivity index (χ3n) is 4.44.